The molecular weight excluding hydrogens is 276 g/mol. The number of pyridine rings is 1. The Balaban J connectivity index is 2.15. The molecule has 1 aliphatic heterocycles. The Bertz CT molecular complexity index is 575. The summed E-state index contributed by atoms with van der Waals surface area (Å²) in [6.07, 6.45) is 2.65. The number of anilines is 1. The number of hydrogen-bond acceptors (Lipinski definition) is 4. The summed E-state index contributed by atoms with van der Waals surface area (Å²) in [4.78, 5) is 40.1. The third kappa shape index (κ3) is 3.10. The van der Waals surface area contributed by atoms with Crippen molar-refractivity contribution in [2.75, 3.05) is 18.9 Å². The number of urea groups is 1. The molecule has 8 nitrogen and oxygen atoms in total. The Morgan fingerprint density at radius 3 is 2.86 bits per heavy atom. The van der Waals surface area contributed by atoms with Crippen molar-refractivity contribution >= 4 is 23.6 Å². The number of likely N-dealkylation sites (N-methyl/N-ethyl adjacent to an activating group) is 1. The molecule has 21 heavy (non-hydrogen) atoms. The molecule has 1 aromatic heterocycles. The van der Waals surface area contributed by atoms with E-state index in [0.717, 1.165) is 6.42 Å². The molecule has 0 saturated carbocycles. The van der Waals surface area contributed by atoms with Crippen LogP contribution in [0.1, 0.15) is 23.3 Å². The minimum absolute atomic E-state index is 0.109. The highest BCUT2D eigenvalue weighted by Crippen LogP contribution is 2.20. The number of nitrogens with zero attached hydrogens (tertiary/aromatic N) is 2. The molecule has 3 amide bonds. The van der Waals surface area contributed by atoms with Gasteiger partial charge >= 0.3 is 12.0 Å². The first-order chi connectivity index (χ1) is 10.0. The predicted molar refractivity (Wildman–Crippen MR) is 74.0 cm³/mol. The van der Waals surface area contributed by atoms with E-state index in [2.05, 4.69) is 15.6 Å². The lowest BCUT2D eigenvalue weighted by atomic mass is 10.2. The SMILES string of the molecule is CNC(=O)C1CCCN1C(=O)Nc1cccnc1C(=O)O. The van der Waals surface area contributed by atoms with Gasteiger partial charge < -0.3 is 20.6 Å². The molecule has 1 saturated heterocycles. The van der Waals surface area contributed by atoms with Crippen molar-refractivity contribution in [2.45, 2.75) is 18.9 Å². The summed E-state index contributed by atoms with van der Waals surface area (Å²) in [6.45, 7) is 0.451. The monoisotopic (exact) mass is 292 g/mol. The lowest BCUT2D eigenvalue weighted by Gasteiger charge is -2.23. The fourth-order valence-electron chi connectivity index (χ4n) is 2.31. The number of amides is 3. The number of aromatic carboxylic acids is 1. The van der Waals surface area contributed by atoms with Crippen LogP contribution >= 0.6 is 0 Å². The van der Waals surface area contributed by atoms with Gasteiger partial charge in [0.15, 0.2) is 5.69 Å². The second-order valence-corrected chi connectivity index (χ2v) is 4.60. The highest BCUT2D eigenvalue weighted by molar-refractivity contribution is 5.99. The topological polar surface area (TPSA) is 112 Å². The number of aromatic nitrogens is 1. The van der Waals surface area contributed by atoms with Gasteiger partial charge in [-0.05, 0) is 25.0 Å². The Hall–Kier alpha value is -2.64. The summed E-state index contributed by atoms with van der Waals surface area (Å²) in [6, 6.07) is 1.96. The second kappa shape index (κ2) is 6.21. The molecule has 112 valence electrons. The number of rotatable bonds is 3. The van der Waals surface area contributed by atoms with E-state index in [0.29, 0.717) is 13.0 Å². The second-order valence-electron chi connectivity index (χ2n) is 4.60. The number of carboxylic acid groups (broad SMARTS) is 1. The maximum atomic E-state index is 12.2. The van der Waals surface area contributed by atoms with Crippen molar-refractivity contribution in [3.8, 4) is 0 Å². The average molecular weight is 292 g/mol. The van der Waals surface area contributed by atoms with Crippen LogP contribution in [0.15, 0.2) is 18.3 Å². The summed E-state index contributed by atoms with van der Waals surface area (Å²) < 4.78 is 0. The highest BCUT2D eigenvalue weighted by Gasteiger charge is 2.33. The van der Waals surface area contributed by atoms with Gasteiger partial charge in [-0.3, -0.25) is 4.79 Å². The van der Waals surface area contributed by atoms with Crippen molar-refractivity contribution in [2.24, 2.45) is 0 Å². The standard InChI is InChI=1S/C13H16N4O4/c1-14-11(18)9-5-3-7-17(9)13(21)16-8-4-2-6-15-10(8)12(19)20/h2,4,6,9H,3,5,7H2,1H3,(H,14,18)(H,16,21)(H,19,20). The quantitative estimate of drug-likeness (QED) is 0.752. The smallest absolute Gasteiger partial charge is 0.356 e. The van der Waals surface area contributed by atoms with Crippen LogP contribution in [-0.2, 0) is 4.79 Å². The van der Waals surface area contributed by atoms with Gasteiger partial charge in [-0.25, -0.2) is 14.6 Å². The molecule has 0 radical (unpaired) electrons. The van der Waals surface area contributed by atoms with E-state index in [-0.39, 0.29) is 17.3 Å². The van der Waals surface area contributed by atoms with Gasteiger partial charge in [0, 0.05) is 19.8 Å². The Morgan fingerprint density at radius 1 is 1.43 bits per heavy atom. The van der Waals surface area contributed by atoms with Gasteiger partial charge in [-0.1, -0.05) is 0 Å². The fourth-order valence-corrected chi connectivity index (χ4v) is 2.31. The largest absolute Gasteiger partial charge is 0.476 e. The molecule has 1 aliphatic rings. The van der Waals surface area contributed by atoms with Crippen LogP contribution < -0.4 is 10.6 Å². The molecule has 0 bridgehead atoms. The fraction of sp³-hybridized carbons (Fsp3) is 0.385. The predicted octanol–water partition coefficient (Wildman–Crippen LogP) is 0.522. The van der Waals surface area contributed by atoms with Gasteiger partial charge in [0.05, 0.1) is 5.69 Å². The Morgan fingerprint density at radius 2 is 2.19 bits per heavy atom. The third-order valence-corrected chi connectivity index (χ3v) is 3.31. The molecule has 1 unspecified atom stereocenters. The van der Waals surface area contributed by atoms with E-state index in [1.807, 2.05) is 0 Å². The molecule has 1 atom stereocenters. The van der Waals surface area contributed by atoms with E-state index in [9.17, 15) is 14.4 Å². The van der Waals surface area contributed by atoms with Gasteiger partial charge in [0.25, 0.3) is 0 Å². The zero-order valence-corrected chi connectivity index (χ0v) is 11.5. The van der Waals surface area contributed by atoms with Crippen LogP contribution in [0.5, 0.6) is 0 Å². The van der Waals surface area contributed by atoms with Gasteiger partial charge in [0.1, 0.15) is 6.04 Å². The van der Waals surface area contributed by atoms with Crippen LogP contribution in [-0.4, -0.2) is 52.5 Å². The Labute approximate surface area is 121 Å². The molecule has 0 aliphatic carbocycles. The van der Waals surface area contributed by atoms with Crippen molar-refractivity contribution in [3.05, 3.63) is 24.0 Å². The van der Waals surface area contributed by atoms with E-state index >= 15 is 0 Å². The first kappa shape index (κ1) is 14.8. The number of carbonyl (C=O) groups is 3. The number of likely N-dealkylation sites (tertiary alicyclic amines) is 1. The van der Waals surface area contributed by atoms with Crippen molar-refractivity contribution in [3.63, 3.8) is 0 Å². The number of carbonyl (C=O) groups excluding carboxylic acids is 2. The molecule has 1 fully saturated rings. The van der Waals surface area contributed by atoms with Crippen LogP contribution in [0.4, 0.5) is 10.5 Å². The molecule has 1 aromatic rings. The molecule has 0 spiro atoms. The van der Waals surface area contributed by atoms with Crippen LogP contribution in [0.3, 0.4) is 0 Å². The molecule has 8 heteroatoms. The first-order valence-corrected chi connectivity index (χ1v) is 6.52. The summed E-state index contributed by atoms with van der Waals surface area (Å²) in [7, 11) is 1.51. The highest BCUT2D eigenvalue weighted by atomic mass is 16.4. The van der Waals surface area contributed by atoms with Gasteiger partial charge in [0.2, 0.25) is 5.91 Å². The minimum Gasteiger partial charge on any atom is -0.476 e. The van der Waals surface area contributed by atoms with Crippen molar-refractivity contribution < 1.29 is 19.5 Å². The van der Waals surface area contributed by atoms with Gasteiger partial charge in [-0.2, -0.15) is 0 Å². The summed E-state index contributed by atoms with van der Waals surface area (Å²) in [5.74, 6) is -1.46. The zero-order chi connectivity index (χ0) is 15.4. The lowest BCUT2D eigenvalue weighted by molar-refractivity contribution is -0.124. The maximum Gasteiger partial charge on any atom is 0.356 e. The molecular formula is C13H16N4O4. The summed E-state index contributed by atoms with van der Waals surface area (Å²) in [5, 5.41) is 14.1. The van der Waals surface area contributed by atoms with E-state index in [4.69, 9.17) is 5.11 Å². The van der Waals surface area contributed by atoms with Crippen molar-refractivity contribution in [1.82, 2.24) is 15.2 Å². The van der Waals surface area contributed by atoms with Crippen LogP contribution in [0, 0.1) is 0 Å². The van der Waals surface area contributed by atoms with E-state index in [1.54, 1.807) is 0 Å². The molecule has 0 aromatic carbocycles. The minimum atomic E-state index is -1.23. The lowest BCUT2D eigenvalue weighted by Crippen LogP contribution is -2.46. The first-order valence-electron chi connectivity index (χ1n) is 6.52. The maximum absolute atomic E-state index is 12.2. The number of nitrogens with one attached hydrogen (secondary N) is 2. The van der Waals surface area contributed by atoms with Crippen LogP contribution in [0.2, 0.25) is 0 Å². The third-order valence-electron chi connectivity index (χ3n) is 3.31. The molecule has 2 rings (SSSR count). The average Bonchev–Trinajstić information content (AvgIpc) is 2.96. The zero-order valence-electron chi connectivity index (χ0n) is 11.5. The van der Waals surface area contributed by atoms with E-state index in [1.165, 1.54) is 30.3 Å². The summed E-state index contributed by atoms with van der Waals surface area (Å²) >= 11 is 0. The summed E-state index contributed by atoms with van der Waals surface area (Å²) in [5.41, 5.74) is -0.126. The van der Waals surface area contributed by atoms with Gasteiger partial charge in [-0.15, -0.1) is 0 Å². The Kier molecular flexibility index (Phi) is 4.36. The van der Waals surface area contributed by atoms with Crippen molar-refractivity contribution in [1.29, 1.82) is 0 Å². The van der Waals surface area contributed by atoms with E-state index < -0.39 is 18.0 Å². The normalized spacial score (nSPS) is 17.4. The molecule has 3 N–H and O–H groups in total. The number of hydrogen-bond donors (Lipinski definition) is 3. The van der Waals surface area contributed by atoms with Crippen LogP contribution in [0.25, 0.3) is 0 Å². The molecule has 2 heterocycles. The number of carboxylic acids is 1.